The number of hydrogen-bond acceptors (Lipinski definition) is 7. The zero-order valence-electron chi connectivity index (χ0n) is 26.4. The van der Waals surface area contributed by atoms with Crippen molar-refractivity contribution < 1.29 is 37.4 Å². The molecule has 2 aromatic carbocycles. The van der Waals surface area contributed by atoms with Crippen molar-refractivity contribution in [1.82, 2.24) is 15.1 Å². The molecule has 250 valence electrons. The molecule has 0 unspecified atom stereocenters. The Bertz CT molecular complexity index is 1550. The van der Waals surface area contributed by atoms with Gasteiger partial charge in [0, 0.05) is 30.1 Å². The third kappa shape index (κ3) is 6.96. The first-order chi connectivity index (χ1) is 22.7. The van der Waals surface area contributed by atoms with Gasteiger partial charge in [0.05, 0.1) is 19.7 Å². The van der Waals surface area contributed by atoms with Crippen molar-refractivity contribution in [3.8, 4) is 0 Å². The van der Waals surface area contributed by atoms with E-state index in [9.17, 15) is 28.0 Å². The summed E-state index contributed by atoms with van der Waals surface area (Å²) in [5, 5.41) is 6.14. The van der Waals surface area contributed by atoms with Gasteiger partial charge in [-0.25, -0.2) is 18.4 Å². The number of benzene rings is 2. The van der Waals surface area contributed by atoms with Crippen LogP contribution in [-0.2, 0) is 36.9 Å². The molecule has 10 nitrogen and oxygen atoms in total. The van der Waals surface area contributed by atoms with E-state index in [1.165, 1.54) is 28.0 Å². The van der Waals surface area contributed by atoms with E-state index >= 15 is 0 Å². The highest BCUT2D eigenvalue weighted by atomic mass is 19.1. The Morgan fingerprint density at radius 3 is 2.64 bits per heavy atom. The van der Waals surface area contributed by atoms with Crippen molar-refractivity contribution in [1.29, 1.82) is 0 Å². The minimum atomic E-state index is -1.23. The van der Waals surface area contributed by atoms with E-state index in [0.717, 1.165) is 25.7 Å². The lowest BCUT2D eigenvalue weighted by Gasteiger charge is -2.30. The van der Waals surface area contributed by atoms with Gasteiger partial charge in [-0.05, 0) is 68.5 Å². The first-order valence-electron chi connectivity index (χ1n) is 16.4. The number of amides is 3. The van der Waals surface area contributed by atoms with Crippen LogP contribution in [0.4, 0.5) is 19.3 Å². The Morgan fingerprint density at radius 1 is 1.06 bits per heavy atom. The second-order valence-electron chi connectivity index (χ2n) is 12.7. The molecule has 2 fully saturated rings. The zero-order valence-corrected chi connectivity index (χ0v) is 26.4. The van der Waals surface area contributed by atoms with Gasteiger partial charge in [-0.3, -0.25) is 14.5 Å². The fourth-order valence-corrected chi connectivity index (χ4v) is 6.87. The van der Waals surface area contributed by atoms with Crippen molar-refractivity contribution in [3.05, 3.63) is 77.4 Å². The van der Waals surface area contributed by atoms with Crippen LogP contribution in [0.3, 0.4) is 0 Å². The lowest BCUT2D eigenvalue weighted by atomic mass is 10.0. The number of nitrogens with one attached hydrogen (secondary N) is 2. The lowest BCUT2D eigenvalue weighted by Crippen LogP contribution is -2.55. The molecule has 47 heavy (non-hydrogen) atoms. The van der Waals surface area contributed by atoms with Crippen LogP contribution in [-0.4, -0.2) is 70.6 Å². The van der Waals surface area contributed by atoms with Gasteiger partial charge in [-0.15, -0.1) is 0 Å². The number of hydrogen-bond donors (Lipinski definition) is 2. The molecular weight excluding hydrogens is 610 g/mol. The molecule has 0 aromatic heterocycles. The molecule has 12 heteroatoms. The van der Waals surface area contributed by atoms with Crippen LogP contribution in [0.5, 0.6) is 0 Å². The molecule has 3 heterocycles. The van der Waals surface area contributed by atoms with E-state index in [1.54, 1.807) is 31.2 Å². The SMILES string of the molecule is CCOC(=O)[C@@]12C[C@H]1/C=C\CCCCC[C@H](Nc1ccc(F)cc1)C(=O)N1C[C@H](OC(=O)N3Cc4cccc(F)c4C3)C[C@H]1C(=O)N2. The van der Waals surface area contributed by atoms with Crippen molar-refractivity contribution in [2.45, 2.75) is 88.7 Å². The summed E-state index contributed by atoms with van der Waals surface area (Å²) < 4.78 is 39.2. The van der Waals surface area contributed by atoms with Crippen molar-refractivity contribution >= 4 is 29.6 Å². The summed E-state index contributed by atoms with van der Waals surface area (Å²) in [7, 11) is 0. The van der Waals surface area contributed by atoms with Gasteiger partial charge in [0.1, 0.15) is 35.4 Å². The molecule has 5 atom stereocenters. The van der Waals surface area contributed by atoms with Crippen LogP contribution in [0.25, 0.3) is 0 Å². The van der Waals surface area contributed by atoms with E-state index < -0.39 is 53.3 Å². The number of carbonyl (C=O) groups excluding carboxylic acids is 4. The maximum Gasteiger partial charge on any atom is 0.410 e. The molecule has 1 aliphatic carbocycles. The predicted octanol–water partition coefficient (Wildman–Crippen LogP) is 4.83. The highest BCUT2D eigenvalue weighted by Crippen LogP contribution is 2.46. The van der Waals surface area contributed by atoms with Crippen LogP contribution < -0.4 is 10.6 Å². The summed E-state index contributed by atoms with van der Waals surface area (Å²) in [5.74, 6) is -2.46. The summed E-state index contributed by atoms with van der Waals surface area (Å²) in [4.78, 5) is 57.5. The van der Waals surface area contributed by atoms with E-state index in [1.807, 2.05) is 12.2 Å². The minimum Gasteiger partial charge on any atom is -0.464 e. The first kappa shape index (κ1) is 32.5. The fourth-order valence-electron chi connectivity index (χ4n) is 6.87. The van der Waals surface area contributed by atoms with Crippen LogP contribution in [0.1, 0.15) is 63.0 Å². The zero-order chi connectivity index (χ0) is 33.1. The third-order valence-corrected chi connectivity index (χ3v) is 9.52. The molecule has 1 saturated heterocycles. The second kappa shape index (κ2) is 13.7. The van der Waals surface area contributed by atoms with E-state index in [-0.39, 0.29) is 44.5 Å². The van der Waals surface area contributed by atoms with E-state index in [2.05, 4.69) is 10.6 Å². The summed E-state index contributed by atoms with van der Waals surface area (Å²) in [5.41, 5.74) is 0.453. The smallest absolute Gasteiger partial charge is 0.410 e. The average Bonchev–Trinajstić information content (AvgIpc) is 3.35. The molecule has 2 N–H and O–H groups in total. The third-order valence-electron chi connectivity index (χ3n) is 9.52. The molecule has 0 spiro atoms. The minimum absolute atomic E-state index is 0.0150. The molecular formula is C35H40F2N4O6. The molecule has 0 bridgehead atoms. The largest absolute Gasteiger partial charge is 0.464 e. The van der Waals surface area contributed by atoms with Crippen molar-refractivity contribution in [2.75, 3.05) is 18.5 Å². The number of ether oxygens (including phenoxy) is 2. The molecule has 3 amide bonds. The molecule has 1 saturated carbocycles. The van der Waals surface area contributed by atoms with Gasteiger partial charge in [-0.1, -0.05) is 37.1 Å². The Kier molecular flexibility index (Phi) is 9.47. The van der Waals surface area contributed by atoms with Crippen LogP contribution in [0, 0.1) is 17.6 Å². The number of esters is 1. The number of allylic oxidation sites excluding steroid dienone is 1. The van der Waals surface area contributed by atoms with E-state index in [0.29, 0.717) is 29.7 Å². The molecule has 2 aromatic rings. The lowest BCUT2D eigenvalue weighted by molar-refractivity contribution is -0.150. The van der Waals surface area contributed by atoms with Gasteiger partial charge in [0.25, 0.3) is 0 Å². The van der Waals surface area contributed by atoms with Gasteiger partial charge < -0.3 is 25.0 Å². The van der Waals surface area contributed by atoms with Crippen molar-refractivity contribution in [3.63, 3.8) is 0 Å². The summed E-state index contributed by atoms with van der Waals surface area (Å²) in [6, 6.07) is 8.63. The van der Waals surface area contributed by atoms with Gasteiger partial charge in [-0.2, -0.15) is 0 Å². The van der Waals surface area contributed by atoms with Crippen molar-refractivity contribution in [2.24, 2.45) is 5.92 Å². The topological polar surface area (TPSA) is 117 Å². The van der Waals surface area contributed by atoms with Gasteiger partial charge in [0.2, 0.25) is 11.8 Å². The standard InChI is InChI=1S/C35H40F2N4O6/c1-2-46-33(44)35-18-23(35)10-6-4-3-5-7-12-29(38-25-15-13-24(36)14-16-25)32(43)41-20-26(17-30(41)31(42)39-35)47-34(45)40-19-22-9-8-11-28(37)27(22)21-40/h6,8-11,13-16,23,26,29-30,38H,2-5,7,12,17-21H2,1H3,(H,39,42)/b10-6-/t23-,26-,29+,30+,35-/m1/s1. The van der Waals surface area contributed by atoms with Crippen LogP contribution in [0.15, 0.2) is 54.6 Å². The normalized spacial score (nSPS) is 28.1. The number of nitrogens with zero attached hydrogens (tertiary/aromatic N) is 2. The Balaban J connectivity index is 1.25. The Labute approximate surface area is 272 Å². The van der Waals surface area contributed by atoms with E-state index in [4.69, 9.17) is 9.47 Å². The number of carbonyl (C=O) groups is 4. The Morgan fingerprint density at radius 2 is 1.87 bits per heavy atom. The number of halogens is 2. The molecule has 6 rings (SSSR count). The summed E-state index contributed by atoms with van der Waals surface area (Å²) >= 11 is 0. The highest BCUT2D eigenvalue weighted by Gasteiger charge is 2.62. The van der Waals surface area contributed by atoms with Crippen LogP contribution >= 0.6 is 0 Å². The average molecular weight is 651 g/mol. The second-order valence-corrected chi connectivity index (χ2v) is 12.7. The number of anilines is 1. The maximum atomic E-state index is 14.3. The number of fused-ring (bicyclic) bond motifs is 3. The summed E-state index contributed by atoms with van der Waals surface area (Å²) in [6.07, 6.45) is 6.60. The maximum absolute atomic E-state index is 14.3. The number of rotatable bonds is 5. The molecule has 4 aliphatic rings. The quantitative estimate of drug-likeness (QED) is 0.352. The first-order valence-corrected chi connectivity index (χ1v) is 16.4. The predicted molar refractivity (Wildman–Crippen MR) is 168 cm³/mol. The van der Waals surface area contributed by atoms with Gasteiger partial charge >= 0.3 is 12.1 Å². The Hall–Kier alpha value is -4.48. The monoisotopic (exact) mass is 650 g/mol. The van der Waals surface area contributed by atoms with Crippen LogP contribution in [0.2, 0.25) is 0 Å². The fraction of sp³-hybridized carbons (Fsp3) is 0.486. The van der Waals surface area contributed by atoms with Gasteiger partial charge in [0.15, 0.2) is 0 Å². The molecule has 3 aliphatic heterocycles. The molecule has 0 radical (unpaired) electrons. The summed E-state index contributed by atoms with van der Waals surface area (Å²) in [6.45, 7) is 2.05. The highest BCUT2D eigenvalue weighted by molar-refractivity contribution is 5.96.